The van der Waals surface area contributed by atoms with Gasteiger partial charge in [0.25, 0.3) is 0 Å². The molecule has 0 atom stereocenters. The van der Waals surface area contributed by atoms with E-state index in [9.17, 15) is 4.79 Å². The van der Waals surface area contributed by atoms with E-state index in [1.165, 1.54) is 12.0 Å². The van der Waals surface area contributed by atoms with Crippen molar-refractivity contribution in [3.05, 3.63) is 71.3 Å². The van der Waals surface area contributed by atoms with Gasteiger partial charge < -0.3 is 9.80 Å². The van der Waals surface area contributed by atoms with Gasteiger partial charge in [0.1, 0.15) is 0 Å². The topological polar surface area (TPSA) is 23.6 Å². The molecule has 0 bridgehead atoms. The van der Waals surface area contributed by atoms with E-state index in [0.717, 1.165) is 42.9 Å². The fourth-order valence-electron chi connectivity index (χ4n) is 3.12. The molecule has 3 heteroatoms. The van der Waals surface area contributed by atoms with Gasteiger partial charge in [0.15, 0.2) is 5.78 Å². The molecular formula is C24H32N2O. The minimum absolute atomic E-state index is 0.0445. The van der Waals surface area contributed by atoms with Crippen LogP contribution in [0.1, 0.15) is 48.2 Å². The van der Waals surface area contributed by atoms with E-state index in [2.05, 4.69) is 55.9 Å². The van der Waals surface area contributed by atoms with Gasteiger partial charge >= 0.3 is 0 Å². The minimum atomic E-state index is 0.0445. The molecule has 0 saturated carbocycles. The second-order valence-corrected chi connectivity index (χ2v) is 7.12. The van der Waals surface area contributed by atoms with Crippen LogP contribution in [-0.4, -0.2) is 37.9 Å². The number of rotatable bonds is 10. The normalized spacial score (nSPS) is 11.3. The molecule has 0 N–H and O–H groups in total. The van der Waals surface area contributed by atoms with Gasteiger partial charge in [-0.05, 0) is 56.8 Å². The number of hydrogen-bond donors (Lipinski definition) is 0. The summed E-state index contributed by atoms with van der Waals surface area (Å²) in [4.78, 5) is 17.2. The third-order valence-corrected chi connectivity index (χ3v) is 4.62. The number of hydrogen-bond acceptors (Lipinski definition) is 3. The van der Waals surface area contributed by atoms with Gasteiger partial charge in [0, 0.05) is 30.9 Å². The molecule has 0 spiro atoms. The van der Waals surface area contributed by atoms with Crippen molar-refractivity contribution in [2.24, 2.45) is 0 Å². The summed E-state index contributed by atoms with van der Waals surface area (Å²) in [6, 6.07) is 16.2. The van der Waals surface area contributed by atoms with Crippen LogP contribution in [0.15, 0.2) is 54.6 Å². The van der Waals surface area contributed by atoms with E-state index in [1.54, 1.807) is 6.08 Å². The largest absolute Gasteiger partial charge is 0.372 e. The summed E-state index contributed by atoms with van der Waals surface area (Å²) in [5, 5.41) is 0. The van der Waals surface area contributed by atoms with Crippen molar-refractivity contribution in [2.45, 2.75) is 33.2 Å². The van der Waals surface area contributed by atoms with Crippen LogP contribution in [0.25, 0.3) is 6.08 Å². The van der Waals surface area contributed by atoms with Crippen LogP contribution in [0.4, 0.5) is 5.69 Å². The summed E-state index contributed by atoms with van der Waals surface area (Å²) in [5.74, 6) is 0.0445. The second kappa shape index (κ2) is 10.7. The maximum Gasteiger partial charge on any atom is 0.185 e. The first kappa shape index (κ1) is 20.9. The molecule has 2 aromatic carbocycles. The second-order valence-electron chi connectivity index (χ2n) is 7.12. The van der Waals surface area contributed by atoms with Crippen LogP contribution < -0.4 is 4.90 Å². The molecule has 2 rings (SSSR count). The Morgan fingerprint density at radius 1 is 1.04 bits per heavy atom. The van der Waals surface area contributed by atoms with Crippen molar-refractivity contribution in [3.63, 3.8) is 0 Å². The number of allylic oxidation sites excluding steroid dienone is 1. The van der Waals surface area contributed by atoms with Gasteiger partial charge in [-0.3, -0.25) is 4.79 Å². The number of carbonyl (C=O) groups excluding carboxylic acids is 1. The fourth-order valence-corrected chi connectivity index (χ4v) is 3.12. The molecule has 0 heterocycles. The van der Waals surface area contributed by atoms with Gasteiger partial charge in [0.05, 0.1) is 0 Å². The van der Waals surface area contributed by atoms with Crippen molar-refractivity contribution >= 4 is 17.5 Å². The minimum Gasteiger partial charge on any atom is -0.372 e. The van der Waals surface area contributed by atoms with Crippen molar-refractivity contribution in [2.75, 3.05) is 32.1 Å². The zero-order valence-electron chi connectivity index (χ0n) is 17.1. The Bertz CT molecular complexity index is 764. The molecule has 0 radical (unpaired) electrons. The van der Waals surface area contributed by atoms with Gasteiger partial charge in [-0.15, -0.1) is 0 Å². The molecule has 27 heavy (non-hydrogen) atoms. The van der Waals surface area contributed by atoms with E-state index in [-0.39, 0.29) is 5.78 Å². The monoisotopic (exact) mass is 364 g/mol. The summed E-state index contributed by atoms with van der Waals surface area (Å²) in [5.41, 5.74) is 4.17. The molecule has 0 unspecified atom stereocenters. The zero-order chi connectivity index (χ0) is 19.6. The first-order valence-corrected chi connectivity index (χ1v) is 9.85. The van der Waals surface area contributed by atoms with Crippen LogP contribution in [0.2, 0.25) is 0 Å². The predicted octanol–water partition coefficient (Wildman–Crippen LogP) is 5.27. The quantitative estimate of drug-likeness (QED) is 0.424. The molecule has 144 valence electrons. The Labute approximate surface area is 164 Å². The average Bonchev–Trinajstić information content (AvgIpc) is 2.67. The van der Waals surface area contributed by atoms with Crippen LogP contribution in [0, 0.1) is 0 Å². The lowest BCUT2D eigenvalue weighted by atomic mass is 10.0. The Morgan fingerprint density at radius 3 is 2.52 bits per heavy atom. The first-order valence-electron chi connectivity index (χ1n) is 9.85. The van der Waals surface area contributed by atoms with Crippen molar-refractivity contribution in [1.29, 1.82) is 0 Å². The van der Waals surface area contributed by atoms with Gasteiger partial charge in [-0.1, -0.05) is 55.8 Å². The van der Waals surface area contributed by atoms with E-state index in [1.807, 2.05) is 36.4 Å². The number of anilines is 1. The summed E-state index contributed by atoms with van der Waals surface area (Å²) in [6.45, 7) is 7.19. The Kier molecular flexibility index (Phi) is 8.28. The van der Waals surface area contributed by atoms with Gasteiger partial charge in [0.2, 0.25) is 0 Å². The predicted molar refractivity (Wildman–Crippen MR) is 116 cm³/mol. The maximum absolute atomic E-state index is 12.7. The molecule has 0 amide bonds. The van der Waals surface area contributed by atoms with Crippen molar-refractivity contribution in [3.8, 4) is 0 Å². The third kappa shape index (κ3) is 6.37. The highest BCUT2D eigenvalue weighted by Crippen LogP contribution is 2.18. The smallest absolute Gasteiger partial charge is 0.185 e. The number of ketones is 1. The summed E-state index contributed by atoms with van der Waals surface area (Å²) in [7, 11) is 4.10. The Balaban J connectivity index is 2.17. The molecule has 0 aliphatic carbocycles. The lowest BCUT2D eigenvalue weighted by Gasteiger charge is -2.23. The molecule has 0 fully saturated rings. The van der Waals surface area contributed by atoms with Gasteiger partial charge in [-0.25, -0.2) is 0 Å². The van der Waals surface area contributed by atoms with Crippen LogP contribution >= 0.6 is 0 Å². The highest BCUT2D eigenvalue weighted by molar-refractivity contribution is 6.07. The van der Waals surface area contributed by atoms with E-state index < -0.39 is 0 Å². The molecule has 2 aromatic rings. The van der Waals surface area contributed by atoms with Crippen LogP contribution in [-0.2, 0) is 6.54 Å². The highest BCUT2D eigenvalue weighted by atomic mass is 16.1. The van der Waals surface area contributed by atoms with E-state index >= 15 is 0 Å². The first-order chi connectivity index (χ1) is 13.0. The molecule has 0 aliphatic heterocycles. The van der Waals surface area contributed by atoms with E-state index in [0.29, 0.717) is 0 Å². The Hall–Kier alpha value is -2.39. The number of benzene rings is 2. The van der Waals surface area contributed by atoms with E-state index in [4.69, 9.17) is 0 Å². The molecule has 0 aromatic heterocycles. The number of nitrogens with zero attached hydrogens (tertiary/aromatic N) is 2. The van der Waals surface area contributed by atoms with Crippen molar-refractivity contribution < 1.29 is 4.79 Å². The standard InChI is InChI=1S/C24H32N2O/c1-5-7-17-26(6-2)23-14-10-13-21(18-23)24(27)16-15-20-11-8-9-12-22(20)19-25(3)4/h8-16,18H,5-7,17,19H2,1-4H3. The molecule has 0 saturated heterocycles. The summed E-state index contributed by atoms with van der Waals surface area (Å²) < 4.78 is 0. The Morgan fingerprint density at radius 2 is 1.81 bits per heavy atom. The third-order valence-electron chi connectivity index (χ3n) is 4.62. The number of unbranched alkanes of at least 4 members (excludes halogenated alkanes) is 1. The van der Waals surface area contributed by atoms with Crippen molar-refractivity contribution in [1.82, 2.24) is 4.90 Å². The zero-order valence-corrected chi connectivity index (χ0v) is 17.1. The molecule has 3 nitrogen and oxygen atoms in total. The molecule has 0 aliphatic rings. The van der Waals surface area contributed by atoms with Crippen LogP contribution in [0.3, 0.4) is 0 Å². The highest BCUT2D eigenvalue weighted by Gasteiger charge is 2.08. The van der Waals surface area contributed by atoms with Crippen LogP contribution in [0.5, 0.6) is 0 Å². The fraction of sp³-hybridized carbons (Fsp3) is 0.375. The summed E-state index contributed by atoms with van der Waals surface area (Å²) >= 11 is 0. The lowest BCUT2D eigenvalue weighted by molar-refractivity contribution is 0.104. The lowest BCUT2D eigenvalue weighted by Crippen LogP contribution is -2.23. The SMILES string of the molecule is CCCCN(CC)c1cccc(C(=O)C=Cc2ccccc2CN(C)C)c1. The number of carbonyl (C=O) groups is 1. The average molecular weight is 365 g/mol. The molecular weight excluding hydrogens is 332 g/mol. The maximum atomic E-state index is 12.7. The summed E-state index contributed by atoms with van der Waals surface area (Å²) in [6.07, 6.45) is 5.96. The van der Waals surface area contributed by atoms with Gasteiger partial charge in [-0.2, -0.15) is 0 Å².